The molecule has 3 amide bonds. The molecule has 1 aliphatic rings. The van der Waals surface area contributed by atoms with Crippen molar-refractivity contribution in [3.63, 3.8) is 0 Å². The Morgan fingerprint density at radius 3 is 2.36 bits per heavy atom. The van der Waals surface area contributed by atoms with E-state index in [1.54, 1.807) is 13.2 Å². The second kappa shape index (κ2) is 10.7. The van der Waals surface area contributed by atoms with Gasteiger partial charge in [0.15, 0.2) is 0 Å². The molecule has 11 heteroatoms. The summed E-state index contributed by atoms with van der Waals surface area (Å²) < 4.78 is 49.6. The second-order valence-electron chi connectivity index (χ2n) is 8.33. The van der Waals surface area contributed by atoms with E-state index in [1.165, 1.54) is 7.11 Å². The van der Waals surface area contributed by atoms with E-state index >= 15 is 0 Å². The molecule has 0 aliphatic carbocycles. The third-order valence-corrected chi connectivity index (χ3v) is 6.41. The summed E-state index contributed by atoms with van der Waals surface area (Å²) in [5.41, 5.74) is 1.28. The maximum absolute atomic E-state index is 13.1. The summed E-state index contributed by atoms with van der Waals surface area (Å²) in [5, 5.41) is 1.64. The number of nitrogens with one attached hydrogen (secondary N) is 1. The number of carbonyl (C=O) groups is 3. The van der Waals surface area contributed by atoms with Crippen LogP contribution in [0.25, 0.3) is 6.08 Å². The van der Waals surface area contributed by atoms with Gasteiger partial charge < -0.3 is 14.8 Å². The zero-order valence-electron chi connectivity index (χ0n) is 20.3. The Bertz CT molecular complexity index is 1240. The molecule has 1 N–H and O–H groups in total. The van der Waals surface area contributed by atoms with Gasteiger partial charge in [-0.25, -0.2) is 0 Å². The van der Waals surface area contributed by atoms with E-state index in [1.807, 2.05) is 32.9 Å². The van der Waals surface area contributed by atoms with Crippen molar-refractivity contribution >= 4 is 40.6 Å². The van der Waals surface area contributed by atoms with Gasteiger partial charge in [-0.3, -0.25) is 19.3 Å². The first-order valence-electron chi connectivity index (χ1n) is 10.8. The lowest BCUT2D eigenvalue weighted by Gasteiger charge is -2.16. The number of methoxy groups -OCH3 is 2. The average molecular weight is 523 g/mol. The first kappa shape index (κ1) is 27.1. The van der Waals surface area contributed by atoms with Crippen LogP contribution in [0, 0.1) is 6.92 Å². The summed E-state index contributed by atoms with van der Waals surface area (Å²) >= 11 is 0.685. The minimum atomic E-state index is -4.63. The van der Waals surface area contributed by atoms with Gasteiger partial charge in [-0.05, 0) is 77.7 Å². The second-order valence-corrected chi connectivity index (χ2v) is 9.33. The van der Waals surface area contributed by atoms with Crippen LogP contribution in [0.3, 0.4) is 0 Å². The van der Waals surface area contributed by atoms with E-state index in [2.05, 4.69) is 5.32 Å². The molecule has 1 saturated heterocycles. The maximum Gasteiger partial charge on any atom is 0.416 e. The molecule has 0 atom stereocenters. The molecule has 1 heterocycles. The van der Waals surface area contributed by atoms with Crippen LogP contribution in [0.15, 0.2) is 35.2 Å². The van der Waals surface area contributed by atoms with Gasteiger partial charge in [0.25, 0.3) is 11.1 Å². The van der Waals surface area contributed by atoms with E-state index in [0.717, 1.165) is 45.5 Å². The molecule has 1 fully saturated rings. The summed E-state index contributed by atoms with van der Waals surface area (Å²) in [5.74, 6) is -0.647. The highest BCUT2D eigenvalue weighted by Crippen LogP contribution is 2.37. The monoisotopic (exact) mass is 522 g/mol. The number of anilines is 1. The van der Waals surface area contributed by atoms with Crippen molar-refractivity contribution in [1.82, 2.24) is 4.90 Å². The highest BCUT2D eigenvalue weighted by Gasteiger charge is 2.37. The van der Waals surface area contributed by atoms with Gasteiger partial charge in [-0.2, -0.15) is 13.2 Å². The van der Waals surface area contributed by atoms with Crippen LogP contribution in [0.2, 0.25) is 0 Å². The summed E-state index contributed by atoms with van der Waals surface area (Å²) in [7, 11) is 2.82. The SMILES string of the molecule is COc1ccc(C(F)(F)F)cc1NC(=O)CN1C(=O)SC(=Cc2cc(C(C)C)c(OC)cc2C)C1=O. The molecule has 0 bridgehead atoms. The molecule has 192 valence electrons. The molecular formula is C25H25F3N2O5S. The van der Waals surface area contributed by atoms with Crippen molar-refractivity contribution in [3.8, 4) is 11.5 Å². The molecule has 1 aliphatic heterocycles. The number of thioether (sulfide) groups is 1. The molecule has 0 spiro atoms. The van der Waals surface area contributed by atoms with E-state index in [9.17, 15) is 27.6 Å². The van der Waals surface area contributed by atoms with Crippen LogP contribution in [0.4, 0.5) is 23.7 Å². The number of alkyl halides is 3. The van der Waals surface area contributed by atoms with Gasteiger partial charge in [-0.15, -0.1) is 0 Å². The highest BCUT2D eigenvalue weighted by atomic mass is 32.2. The molecule has 0 saturated carbocycles. The largest absolute Gasteiger partial charge is 0.496 e. The summed E-state index contributed by atoms with van der Waals surface area (Å²) in [6, 6.07) is 6.36. The van der Waals surface area contributed by atoms with Crippen molar-refractivity contribution in [2.75, 3.05) is 26.1 Å². The average Bonchev–Trinajstić information content (AvgIpc) is 3.06. The Balaban J connectivity index is 1.81. The van der Waals surface area contributed by atoms with Gasteiger partial charge in [0.2, 0.25) is 5.91 Å². The number of carbonyl (C=O) groups excluding carboxylic acids is 3. The standard InChI is InChI=1S/C25H25F3N2O5S/c1-13(2)17-9-15(14(3)8-20(17)35-5)10-21-23(32)30(24(33)36-21)12-22(31)29-18-11-16(25(26,27)28)6-7-19(18)34-4/h6-11,13H,12H2,1-5H3,(H,29,31). The van der Waals surface area contributed by atoms with Crippen molar-refractivity contribution < 1.29 is 37.0 Å². The number of nitrogens with zero attached hydrogens (tertiary/aromatic N) is 1. The molecular weight excluding hydrogens is 497 g/mol. The fraction of sp³-hybridized carbons (Fsp3) is 0.320. The van der Waals surface area contributed by atoms with Gasteiger partial charge in [-0.1, -0.05) is 13.8 Å². The van der Waals surface area contributed by atoms with Gasteiger partial charge in [0.05, 0.1) is 30.4 Å². The molecule has 0 unspecified atom stereocenters. The summed E-state index contributed by atoms with van der Waals surface area (Å²) in [4.78, 5) is 38.8. The predicted molar refractivity (Wildman–Crippen MR) is 131 cm³/mol. The lowest BCUT2D eigenvalue weighted by molar-refractivity contribution is -0.137. The number of imide groups is 1. The van der Waals surface area contributed by atoms with Gasteiger partial charge in [0, 0.05) is 0 Å². The zero-order valence-corrected chi connectivity index (χ0v) is 21.1. The van der Waals surface area contributed by atoms with Crippen LogP contribution in [0.1, 0.15) is 42.0 Å². The molecule has 0 aromatic heterocycles. The number of hydrogen-bond donors (Lipinski definition) is 1. The predicted octanol–water partition coefficient (Wildman–Crippen LogP) is 5.83. The first-order valence-corrected chi connectivity index (χ1v) is 11.7. The van der Waals surface area contributed by atoms with Crippen LogP contribution in [-0.2, 0) is 15.8 Å². The first-order chi connectivity index (χ1) is 16.8. The number of benzene rings is 2. The fourth-order valence-corrected chi connectivity index (χ4v) is 4.42. The number of hydrogen-bond acceptors (Lipinski definition) is 6. The Kier molecular flexibility index (Phi) is 8.02. The minimum absolute atomic E-state index is 0.00122. The van der Waals surface area contributed by atoms with Crippen LogP contribution in [-0.4, -0.2) is 42.7 Å². The summed E-state index contributed by atoms with van der Waals surface area (Å²) in [6.07, 6.45) is -3.04. The Hall–Kier alpha value is -3.47. The Morgan fingerprint density at radius 2 is 1.78 bits per heavy atom. The topological polar surface area (TPSA) is 84.9 Å². The van der Waals surface area contributed by atoms with Crippen molar-refractivity contribution in [2.24, 2.45) is 0 Å². The van der Waals surface area contributed by atoms with E-state index < -0.39 is 35.3 Å². The minimum Gasteiger partial charge on any atom is -0.496 e. The molecule has 36 heavy (non-hydrogen) atoms. The zero-order chi connectivity index (χ0) is 26.8. The maximum atomic E-state index is 13.1. The van der Waals surface area contributed by atoms with E-state index in [0.29, 0.717) is 11.8 Å². The van der Waals surface area contributed by atoms with Crippen molar-refractivity contribution in [3.05, 3.63) is 57.5 Å². The number of amides is 3. The third-order valence-electron chi connectivity index (χ3n) is 5.50. The van der Waals surface area contributed by atoms with Crippen LogP contribution >= 0.6 is 11.8 Å². The van der Waals surface area contributed by atoms with E-state index in [-0.39, 0.29) is 22.3 Å². The lowest BCUT2D eigenvalue weighted by atomic mass is 9.96. The van der Waals surface area contributed by atoms with Crippen LogP contribution in [0.5, 0.6) is 11.5 Å². The quantitative estimate of drug-likeness (QED) is 0.461. The number of rotatable bonds is 7. The van der Waals surface area contributed by atoms with Gasteiger partial charge >= 0.3 is 6.18 Å². The fourth-order valence-electron chi connectivity index (χ4n) is 3.59. The molecule has 7 nitrogen and oxygen atoms in total. The Labute approximate surface area is 210 Å². The van der Waals surface area contributed by atoms with Crippen molar-refractivity contribution in [1.29, 1.82) is 0 Å². The smallest absolute Gasteiger partial charge is 0.416 e. The normalized spacial score (nSPS) is 15.1. The molecule has 2 aromatic rings. The van der Waals surface area contributed by atoms with Crippen molar-refractivity contribution in [2.45, 2.75) is 32.9 Å². The Morgan fingerprint density at radius 1 is 1.11 bits per heavy atom. The molecule has 2 aromatic carbocycles. The highest BCUT2D eigenvalue weighted by molar-refractivity contribution is 8.18. The number of ether oxygens (including phenoxy) is 2. The number of halogens is 3. The number of aryl methyl sites for hydroxylation is 1. The van der Waals surface area contributed by atoms with E-state index in [4.69, 9.17) is 9.47 Å². The van der Waals surface area contributed by atoms with Gasteiger partial charge in [0.1, 0.15) is 18.0 Å². The lowest BCUT2D eigenvalue weighted by Crippen LogP contribution is -2.36. The molecule has 0 radical (unpaired) electrons. The van der Waals surface area contributed by atoms with Crippen LogP contribution < -0.4 is 14.8 Å². The third kappa shape index (κ3) is 5.84. The summed E-state index contributed by atoms with van der Waals surface area (Å²) in [6.45, 7) is 5.19. The molecule has 3 rings (SSSR count).